The second-order valence-corrected chi connectivity index (χ2v) is 6.85. The Balaban J connectivity index is 1.84. The summed E-state index contributed by atoms with van der Waals surface area (Å²) in [6.07, 6.45) is 11.8. The number of rotatable bonds is 8. The summed E-state index contributed by atoms with van der Waals surface area (Å²) in [5, 5.41) is 6.56. The first-order chi connectivity index (χ1) is 12.1. The molecule has 142 valence electrons. The van der Waals surface area contributed by atoms with Crippen molar-refractivity contribution < 1.29 is 8.78 Å². The first-order valence-corrected chi connectivity index (χ1v) is 9.44. The molecular formula is C18H31F2N5. The van der Waals surface area contributed by atoms with Crippen LogP contribution in [0, 0.1) is 5.92 Å². The summed E-state index contributed by atoms with van der Waals surface area (Å²) in [5.41, 5.74) is 0. The van der Waals surface area contributed by atoms with Crippen molar-refractivity contribution in [2.24, 2.45) is 10.9 Å². The molecular weight excluding hydrogens is 324 g/mol. The Morgan fingerprint density at radius 3 is 2.80 bits per heavy atom. The molecule has 0 bridgehead atoms. The monoisotopic (exact) mass is 355 g/mol. The number of nitrogens with zero attached hydrogens (tertiary/aromatic N) is 3. The Morgan fingerprint density at radius 1 is 1.36 bits per heavy atom. The molecule has 2 rings (SSSR count). The van der Waals surface area contributed by atoms with Crippen LogP contribution in [0.2, 0.25) is 0 Å². The van der Waals surface area contributed by atoms with E-state index in [1.54, 1.807) is 0 Å². The van der Waals surface area contributed by atoms with Gasteiger partial charge in [-0.15, -0.1) is 0 Å². The predicted molar refractivity (Wildman–Crippen MR) is 96.7 cm³/mol. The van der Waals surface area contributed by atoms with E-state index in [4.69, 9.17) is 0 Å². The normalized spacial score (nSPS) is 17.7. The number of aromatic nitrogens is 2. The van der Waals surface area contributed by atoms with Crippen LogP contribution < -0.4 is 10.6 Å². The number of halogens is 2. The van der Waals surface area contributed by atoms with Gasteiger partial charge in [-0.2, -0.15) is 8.78 Å². The number of hydrogen-bond donors (Lipinski definition) is 2. The van der Waals surface area contributed by atoms with E-state index in [9.17, 15) is 8.78 Å². The Bertz CT molecular complexity index is 523. The highest BCUT2D eigenvalue weighted by Crippen LogP contribution is 2.27. The van der Waals surface area contributed by atoms with Crippen LogP contribution in [-0.4, -0.2) is 28.1 Å². The molecule has 1 unspecified atom stereocenters. The van der Waals surface area contributed by atoms with E-state index >= 15 is 0 Å². The molecule has 0 saturated heterocycles. The van der Waals surface area contributed by atoms with E-state index in [-0.39, 0.29) is 12.4 Å². The summed E-state index contributed by atoms with van der Waals surface area (Å²) >= 11 is 0. The van der Waals surface area contributed by atoms with Crippen LogP contribution in [0.25, 0.3) is 0 Å². The maximum absolute atomic E-state index is 12.9. The molecule has 1 heterocycles. The van der Waals surface area contributed by atoms with Crippen molar-refractivity contribution in [2.75, 3.05) is 6.54 Å². The number of nitrogens with one attached hydrogen (secondary N) is 2. The molecule has 1 aliphatic rings. The lowest BCUT2D eigenvalue weighted by molar-refractivity contribution is 0.0671. The van der Waals surface area contributed by atoms with Gasteiger partial charge in [0.25, 0.3) is 0 Å². The molecule has 0 aliphatic heterocycles. The van der Waals surface area contributed by atoms with Crippen LogP contribution in [0.1, 0.15) is 71.2 Å². The third kappa shape index (κ3) is 6.63. The molecule has 5 nitrogen and oxygen atoms in total. The maximum Gasteiger partial charge on any atom is 0.319 e. The smallest absolute Gasteiger partial charge is 0.319 e. The topological polar surface area (TPSA) is 54.2 Å². The van der Waals surface area contributed by atoms with Crippen LogP contribution in [0.15, 0.2) is 17.4 Å². The lowest BCUT2D eigenvalue weighted by Crippen LogP contribution is -2.42. The van der Waals surface area contributed by atoms with Crippen molar-refractivity contribution >= 4 is 5.96 Å². The minimum Gasteiger partial charge on any atom is -0.357 e. The van der Waals surface area contributed by atoms with Gasteiger partial charge in [0.05, 0.1) is 0 Å². The van der Waals surface area contributed by atoms with Crippen LogP contribution >= 0.6 is 0 Å². The second-order valence-electron chi connectivity index (χ2n) is 6.85. The summed E-state index contributed by atoms with van der Waals surface area (Å²) in [6, 6.07) is 0.301. The summed E-state index contributed by atoms with van der Waals surface area (Å²) in [6.45, 7) is 2.41. The SMILES string of the molecule is CCNC(=NCc1nccn1C(F)F)NC(C)CCC1CCCCC1. The van der Waals surface area contributed by atoms with Gasteiger partial charge in [-0.3, -0.25) is 4.57 Å². The Hall–Kier alpha value is -1.66. The molecule has 0 aromatic carbocycles. The third-order valence-corrected chi connectivity index (χ3v) is 4.80. The zero-order chi connectivity index (χ0) is 18.1. The maximum atomic E-state index is 12.9. The fourth-order valence-corrected chi connectivity index (χ4v) is 3.38. The highest BCUT2D eigenvalue weighted by Gasteiger charge is 2.15. The average Bonchev–Trinajstić information content (AvgIpc) is 3.08. The summed E-state index contributed by atoms with van der Waals surface area (Å²) in [5.74, 6) is 1.78. The first kappa shape index (κ1) is 19.7. The molecule has 25 heavy (non-hydrogen) atoms. The second kappa shape index (κ2) is 10.4. The zero-order valence-electron chi connectivity index (χ0n) is 15.3. The third-order valence-electron chi connectivity index (χ3n) is 4.80. The number of hydrogen-bond acceptors (Lipinski definition) is 2. The highest BCUT2D eigenvalue weighted by molar-refractivity contribution is 5.79. The van der Waals surface area contributed by atoms with Crippen molar-refractivity contribution in [1.29, 1.82) is 0 Å². The van der Waals surface area contributed by atoms with Crippen LogP contribution in [-0.2, 0) is 6.54 Å². The van der Waals surface area contributed by atoms with E-state index in [1.165, 1.54) is 50.9 Å². The largest absolute Gasteiger partial charge is 0.357 e. The standard InChI is InChI=1S/C18H31F2N5/c1-3-21-18(23-13-16-22-11-12-25(16)17(19)20)24-14(2)9-10-15-7-5-4-6-8-15/h11-12,14-15,17H,3-10,13H2,1-2H3,(H2,21,23,24). The van der Waals surface area contributed by atoms with Gasteiger partial charge in [0.2, 0.25) is 0 Å². The van der Waals surface area contributed by atoms with Gasteiger partial charge in [0.1, 0.15) is 12.4 Å². The van der Waals surface area contributed by atoms with Crippen molar-refractivity contribution in [3.05, 3.63) is 18.2 Å². The lowest BCUT2D eigenvalue weighted by Gasteiger charge is -2.24. The van der Waals surface area contributed by atoms with Gasteiger partial charge in [0, 0.05) is 25.0 Å². The van der Waals surface area contributed by atoms with E-state index in [1.807, 2.05) is 6.92 Å². The van der Waals surface area contributed by atoms with Gasteiger partial charge in [-0.05, 0) is 32.6 Å². The van der Waals surface area contributed by atoms with E-state index in [0.29, 0.717) is 12.0 Å². The van der Waals surface area contributed by atoms with Gasteiger partial charge in [0.15, 0.2) is 5.96 Å². The molecule has 0 amide bonds. The van der Waals surface area contributed by atoms with Crippen molar-refractivity contribution in [3.8, 4) is 0 Å². The lowest BCUT2D eigenvalue weighted by atomic mass is 9.85. The van der Waals surface area contributed by atoms with Gasteiger partial charge < -0.3 is 10.6 Å². The average molecular weight is 355 g/mol. The highest BCUT2D eigenvalue weighted by atomic mass is 19.3. The van der Waals surface area contributed by atoms with Gasteiger partial charge in [-0.25, -0.2) is 9.98 Å². The van der Waals surface area contributed by atoms with Crippen molar-refractivity contribution in [3.63, 3.8) is 0 Å². The summed E-state index contributed by atoms with van der Waals surface area (Å²) < 4.78 is 26.6. The quantitative estimate of drug-likeness (QED) is 0.546. The van der Waals surface area contributed by atoms with Crippen LogP contribution in [0.4, 0.5) is 8.78 Å². The predicted octanol–water partition coefficient (Wildman–Crippen LogP) is 4.08. The Kier molecular flexibility index (Phi) is 8.15. The molecule has 2 N–H and O–H groups in total. The van der Waals surface area contributed by atoms with E-state index < -0.39 is 6.55 Å². The number of guanidine groups is 1. The first-order valence-electron chi connectivity index (χ1n) is 9.44. The zero-order valence-corrected chi connectivity index (χ0v) is 15.3. The minimum absolute atomic E-state index is 0.127. The van der Waals surface area contributed by atoms with Crippen LogP contribution in [0.3, 0.4) is 0 Å². The fourth-order valence-electron chi connectivity index (χ4n) is 3.38. The molecule has 1 atom stereocenters. The van der Waals surface area contributed by atoms with E-state index in [2.05, 4.69) is 27.5 Å². The number of alkyl halides is 2. The fraction of sp³-hybridized carbons (Fsp3) is 0.778. The van der Waals surface area contributed by atoms with Crippen LogP contribution in [0.5, 0.6) is 0 Å². The summed E-state index contributed by atoms with van der Waals surface area (Å²) in [7, 11) is 0. The molecule has 7 heteroatoms. The van der Waals surface area contributed by atoms with E-state index in [0.717, 1.165) is 23.5 Å². The van der Waals surface area contributed by atoms with Gasteiger partial charge >= 0.3 is 6.55 Å². The Morgan fingerprint density at radius 2 is 2.12 bits per heavy atom. The molecule has 0 radical (unpaired) electrons. The number of imidazole rings is 1. The van der Waals surface area contributed by atoms with Crippen molar-refractivity contribution in [1.82, 2.24) is 20.2 Å². The Labute approximate surface area is 149 Å². The molecule has 1 aliphatic carbocycles. The molecule has 1 fully saturated rings. The molecule has 1 aromatic heterocycles. The molecule has 1 aromatic rings. The summed E-state index contributed by atoms with van der Waals surface area (Å²) in [4.78, 5) is 8.38. The molecule has 1 saturated carbocycles. The van der Waals surface area contributed by atoms with Gasteiger partial charge in [-0.1, -0.05) is 32.1 Å². The number of aliphatic imine (C=N–C) groups is 1. The minimum atomic E-state index is -2.59. The molecule has 0 spiro atoms. The van der Waals surface area contributed by atoms with Crippen molar-refractivity contribution in [2.45, 2.75) is 77.9 Å².